The quantitative estimate of drug-likeness (QED) is 0.169. The molecule has 1 aliphatic carbocycles. The van der Waals surface area contributed by atoms with Gasteiger partial charge in [0.05, 0.1) is 5.56 Å². The van der Waals surface area contributed by atoms with Gasteiger partial charge >= 0.3 is 6.18 Å². The van der Waals surface area contributed by atoms with E-state index in [0.717, 1.165) is 59.7 Å². The van der Waals surface area contributed by atoms with Crippen LogP contribution in [0.1, 0.15) is 47.2 Å². The van der Waals surface area contributed by atoms with Gasteiger partial charge in [-0.25, -0.2) is 0 Å². The first kappa shape index (κ1) is 30.9. The lowest BCUT2D eigenvalue weighted by atomic mass is 9.76. The second-order valence-corrected chi connectivity index (χ2v) is 14.8. The molecule has 0 saturated heterocycles. The molecule has 1 atom stereocenters. The predicted octanol–water partition coefficient (Wildman–Crippen LogP) is 12.4. The topological polar surface area (TPSA) is 9.23 Å². The highest BCUT2D eigenvalue weighted by atomic mass is 32.2. The van der Waals surface area contributed by atoms with Gasteiger partial charge in [0, 0.05) is 42.2 Å². The standard InChI is InChI=1S/C42H31F3OS2/c1-40(2)36-25-28(42(43,44)45)17-22-34(36)37-32-11-7-8-12-33(32)39-35(38(37)40)23-24-41(46-39,26-13-18-29(47-3)19-14-26)27-15-20-31(21-16-27)48-30-9-5-4-6-10-30/h4-25H,1-3H3. The number of hydrogen-bond donors (Lipinski definition) is 0. The third-order valence-corrected chi connectivity index (χ3v) is 11.4. The minimum absolute atomic E-state index is 0.631. The Balaban J connectivity index is 1.32. The summed E-state index contributed by atoms with van der Waals surface area (Å²) in [4.78, 5) is 3.45. The summed E-state index contributed by atoms with van der Waals surface area (Å²) in [5, 5.41) is 1.90. The Hall–Kier alpha value is -4.39. The Morgan fingerprint density at radius 3 is 1.92 bits per heavy atom. The van der Waals surface area contributed by atoms with E-state index in [0.29, 0.717) is 5.56 Å². The second kappa shape index (κ2) is 11.4. The summed E-state index contributed by atoms with van der Waals surface area (Å²) in [7, 11) is 0. The van der Waals surface area contributed by atoms with Crippen LogP contribution in [0.15, 0.2) is 142 Å². The molecule has 1 heterocycles. The molecule has 0 saturated carbocycles. The third kappa shape index (κ3) is 4.88. The van der Waals surface area contributed by atoms with Crippen LogP contribution in [-0.4, -0.2) is 6.26 Å². The zero-order valence-electron chi connectivity index (χ0n) is 26.6. The summed E-state index contributed by atoms with van der Waals surface area (Å²) in [5.41, 5.74) is 4.11. The summed E-state index contributed by atoms with van der Waals surface area (Å²) < 4.78 is 49.1. The van der Waals surface area contributed by atoms with E-state index in [9.17, 15) is 13.2 Å². The van der Waals surface area contributed by atoms with Crippen LogP contribution in [0.3, 0.4) is 0 Å². The van der Waals surface area contributed by atoms with Gasteiger partial charge < -0.3 is 4.74 Å². The molecule has 0 aromatic heterocycles. The van der Waals surface area contributed by atoms with Crippen molar-refractivity contribution in [1.29, 1.82) is 0 Å². The highest BCUT2D eigenvalue weighted by Gasteiger charge is 2.45. The van der Waals surface area contributed by atoms with Crippen molar-refractivity contribution >= 4 is 40.4 Å². The Morgan fingerprint density at radius 2 is 1.27 bits per heavy atom. The molecule has 8 rings (SSSR count). The average Bonchev–Trinajstić information content (AvgIpc) is 3.35. The summed E-state index contributed by atoms with van der Waals surface area (Å²) in [5.74, 6) is 0.737. The number of ether oxygens (including phenoxy) is 1. The fraction of sp³-hybridized carbons (Fsp3) is 0.143. The molecule has 1 aliphatic heterocycles. The molecule has 0 spiro atoms. The molecule has 6 aromatic rings. The minimum Gasteiger partial charge on any atom is -0.472 e. The molecule has 0 radical (unpaired) electrons. The van der Waals surface area contributed by atoms with E-state index < -0.39 is 22.8 Å². The minimum atomic E-state index is -4.43. The van der Waals surface area contributed by atoms with Crippen molar-refractivity contribution < 1.29 is 17.9 Å². The fourth-order valence-electron chi connectivity index (χ4n) is 7.32. The Bertz CT molecular complexity index is 2220. The van der Waals surface area contributed by atoms with Gasteiger partial charge in [-0.15, -0.1) is 11.8 Å². The molecular formula is C42H31F3OS2. The van der Waals surface area contributed by atoms with E-state index in [1.165, 1.54) is 17.0 Å². The zero-order chi connectivity index (χ0) is 33.3. The van der Waals surface area contributed by atoms with Gasteiger partial charge in [0.25, 0.3) is 0 Å². The smallest absolute Gasteiger partial charge is 0.416 e. The Morgan fingerprint density at radius 1 is 0.667 bits per heavy atom. The van der Waals surface area contributed by atoms with Gasteiger partial charge in [-0.2, -0.15) is 13.2 Å². The average molecular weight is 673 g/mol. The second-order valence-electron chi connectivity index (χ2n) is 12.8. The zero-order valence-corrected chi connectivity index (χ0v) is 28.2. The molecule has 1 nitrogen and oxygen atoms in total. The molecule has 1 unspecified atom stereocenters. The highest BCUT2D eigenvalue weighted by molar-refractivity contribution is 7.99. The van der Waals surface area contributed by atoms with Crippen molar-refractivity contribution in [2.24, 2.45) is 0 Å². The fourth-order valence-corrected chi connectivity index (χ4v) is 8.57. The third-order valence-electron chi connectivity index (χ3n) is 9.65. The summed E-state index contributed by atoms with van der Waals surface area (Å²) in [6.45, 7) is 4.04. The molecule has 48 heavy (non-hydrogen) atoms. The number of rotatable bonds is 5. The summed E-state index contributed by atoms with van der Waals surface area (Å²) >= 11 is 3.40. The van der Waals surface area contributed by atoms with Crippen LogP contribution in [0.25, 0.3) is 28.0 Å². The number of alkyl halides is 3. The maximum Gasteiger partial charge on any atom is 0.416 e. The molecule has 6 heteroatoms. The first-order chi connectivity index (χ1) is 23.1. The van der Waals surface area contributed by atoms with Crippen LogP contribution in [0, 0.1) is 0 Å². The first-order valence-corrected chi connectivity index (χ1v) is 17.8. The van der Waals surface area contributed by atoms with E-state index in [-0.39, 0.29) is 0 Å². The SMILES string of the molecule is CSc1ccc(C2(c3ccc(Sc4ccccc4)cc3)C=Cc3c4c(c5ccccc5c3O2)-c2ccc(C(F)(F)F)cc2C4(C)C)cc1. The maximum atomic E-state index is 13.9. The van der Waals surface area contributed by atoms with Gasteiger partial charge in [0.1, 0.15) is 5.75 Å². The Labute approximate surface area is 286 Å². The lowest BCUT2D eigenvalue weighted by molar-refractivity contribution is -0.137. The monoisotopic (exact) mass is 672 g/mol. The molecule has 238 valence electrons. The van der Waals surface area contributed by atoms with E-state index in [1.807, 2.05) is 44.2 Å². The van der Waals surface area contributed by atoms with Crippen LogP contribution in [-0.2, 0) is 17.2 Å². The van der Waals surface area contributed by atoms with Gasteiger partial charge in [0.15, 0.2) is 5.60 Å². The van der Waals surface area contributed by atoms with Crippen molar-refractivity contribution in [3.05, 3.63) is 161 Å². The van der Waals surface area contributed by atoms with E-state index in [4.69, 9.17) is 4.74 Å². The largest absolute Gasteiger partial charge is 0.472 e. The van der Waals surface area contributed by atoms with Crippen molar-refractivity contribution in [3.63, 3.8) is 0 Å². The predicted molar refractivity (Wildman–Crippen MR) is 192 cm³/mol. The molecule has 0 bridgehead atoms. The number of fused-ring (bicyclic) bond motifs is 8. The molecule has 0 N–H and O–H groups in total. The van der Waals surface area contributed by atoms with Crippen molar-refractivity contribution in [1.82, 2.24) is 0 Å². The molecular weight excluding hydrogens is 642 g/mol. The first-order valence-electron chi connectivity index (χ1n) is 15.8. The number of thioether (sulfide) groups is 1. The van der Waals surface area contributed by atoms with E-state index in [1.54, 1.807) is 29.6 Å². The summed E-state index contributed by atoms with van der Waals surface area (Å²) in [6.07, 6.45) is 1.89. The normalized spacial score (nSPS) is 17.5. The lowest BCUT2D eigenvalue weighted by Crippen LogP contribution is -2.35. The van der Waals surface area contributed by atoms with Crippen molar-refractivity contribution in [2.45, 2.75) is 45.7 Å². The lowest BCUT2D eigenvalue weighted by Gasteiger charge is -2.38. The Kier molecular flexibility index (Phi) is 7.31. The molecule has 0 amide bonds. The summed E-state index contributed by atoms with van der Waals surface area (Å²) in [6, 6.07) is 39.6. The van der Waals surface area contributed by atoms with Crippen molar-refractivity contribution in [2.75, 3.05) is 6.26 Å². The van der Waals surface area contributed by atoms with Gasteiger partial charge in [-0.1, -0.05) is 104 Å². The maximum absolute atomic E-state index is 13.9. The number of hydrogen-bond acceptors (Lipinski definition) is 3. The van der Waals surface area contributed by atoms with Gasteiger partial charge in [-0.3, -0.25) is 0 Å². The van der Waals surface area contributed by atoms with Gasteiger partial charge in [0.2, 0.25) is 0 Å². The number of halogens is 3. The molecule has 6 aromatic carbocycles. The molecule has 0 fully saturated rings. The highest BCUT2D eigenvalue weighted by Crippen LogP contribution is 2.58. The van der Waals surface area contributed by atoms with Crippen LogP contribution in [0.5, 0.6) is 5.75 Å². The van der Waals surface area contributed by atoms with E-state index >= 15 is 0 Å². The van der Waals surface area contributed by atoms with E-state index in [2.05, 4.69) is 91.2 Å². The number of benzene rings is 6. The molecule has 2 aliphatic rings. The van der Waals surface area contributed by atoms with Crippen molar-refractivity contribution in [3.8, 4) is 16.9 Å². The van der Waals surface area contributed by atoms with Crippen LogP contribution >= 0.6 is 23.5 Å². The van der Waals surface area contributed by atoms with Gasteiger partial charge in [-0.05, 0) is 88.5 Å². The van der Waals surface area contributed by atoms with Crippen LogP contribution in [0.2, 0.25) is 0 Å². The van der Waals surface area contributed by atoms with Crippen LogP contribution < -0.4 is 4.74 Å². The van der Waals surface area contributed by atoms with Crippen LogP contribution in [0.4, 0.5) is 13.2 Å².